The van der Waals surface area contributed by atoms with Crippen molar-refractivity contribution in [1.82, 2.24) is 0 Å². The van der Waals surface area contributed by atoms with Crippen molar-refractivity contribution in [1.29, 1.82) is 0 Å². The predicted molar refractivity (Wildman–Crippen MR) is 142 cm³/mol. The average molecular weight is 566 g/mol. The molecule has 4 aliphatic rings. The molecule has 0 bridgehead atoms. The van der Waals surface area contributed by atoms with Crippen LogP contribution in [0.1, 0.15) is 73.2 Å². The fourth-order valence-electron chi connectivity index (χ4n) is 8.24. The van der Waals surface area contributed by atoms with Gasteiger partial charge in [0.2, 0.25) is 17.3 Å². The van der Waals surface area contributed by atoms with Gasteiger partial charge in [-0.3, -0.25) is 19.2 Å². The number of ketones is 3. The molecule has 0 radical (unpaired) electrons. The number of aliphatic hydroxyl groups excluding tert-OH is 1. The van der Waals surface area contributed by atoms with E-state index >= 15 is 0 Å². The SMILES string of the molecule is COc1cc(O)c2c(O)c3c(c4c2c1[C@]1(C4)C(C)=CCCC1(C)C)[C@H](O)[C@@]1(O)CC(=O)C(C(N)=O)C(=O)[C@@]1(O)C3=O. The quantitative estimate of drug-likeness (QED) is 0.226. The zero-order chi connectivity index (χ0) is 30.2. The number of allylic oxidation sites excluding steroid dienone is 2. The summed E-state index contributed by atoms with van der Waals surface area (Å²) in [5.74, 6) is -8.98. The summed E-state index contributed by atoms with van der Waals surface area (Å²) in [4.78, 5) is 52.2. The summed E-state index contributed by atoms with van der Waals surface area (Å²) in [6.07, 6.45) is 0.432. The number of carbonyl (C=O) groups excluding carboxylic acids is 4. The molecule has 216 valence electrons. The lowest BCUT2D eigenvalue weighted by Gasteiger charge is -2.51. The van der Waals surface area contributed by atoms with Gasteiger partial charge < -0.3 is 36.0 Å². The number of ether oxygens (including phenoxy) is 1. The third kappa shape index (κ3) is 2.79. The van der Waals surface area contributed by atoms with Crippen LogP contribution in [0.4, 0.5) is 0 Å². The van der Waals surface area contributed by atoms with Gasteiger partial charge >= 0.3 is 0 Å². The number of amides is 1. The Morgan fingerprint density at radius 2 is 1.76 bits per heavy atom. The Bertz CT molecular complexity index is 1690. The summed E-state index contributed by atoms with van der Waals surface area (Å²) in [5.41, 5.74) is -1.60. The Morgan fingerprint density at radius 3 is 2.34 bits per heavy atom. The molecular weight excluding hydrogens is 534 g/mol. The molecule has 6 rings (SSSR count). The van der Waals surface area contributed by atoms with Gasteiger partial charge in [-0.05, 0) is 37.2 Å². The summed E-state index contributed by atoms with van der Waals surface area (Å²) >= 11 is 0. The maximum Gasteiger partial charge on any atom is 0.235 e. The van der Waals surface area contributed by atoms with Gasteiger partial charge in [0.25, 0.3) is 0 Å². The Labute approximate surface area is 234 Å². The second kappa shape index (κ2) is 7.93. The van der Waals surface area contributed by atoms with Crippen molar-refractivity contribution in [3.63, 3.8) is 0 Å². The van der Waals surface area contributed by atoms with Gasteiger partial charge in [-0.25, -0.2) is 0 Å². The number of fused-ring (bicyclic) bond motifs is 4. The minimum atomic E-state index is -3.48. The van der Waals surface area contributed by atoms with E-state index in [1.165, 1.54) is 13.2 Å². The summed E-state index contributed by atoms with van der Waals surface area (Å²) in [6, 6.07) is 1.32. The second-order valence-corrected chi connectivity index (χ2v) is 12.4. The van der Waals surface area contributed by atoms with Crippen LogP contribution < -0.4 is 10.5 Å². The zero-order valence-electron chi connectivity index (χ0n) is 23.0. The van der Waals surface area contributed by atoms with Crippen LogP contribution >= 0.6 is 0 Å². The van der Waals surface area contributed by atoms with E-state index in [1.54, 1.807) is 0 Å². The molecular formula is C30H31NO10. The molecule has 0 aromatic heterocycles. The minimum Gasteiger partial charge on any atom is -0.507 e. The number of rotatable bonds is 2. The number of primary amides is 1. The molecule has 1 saturated carbocycles. The maximum atomic E-state index is 14.1. The van der Waals surface area contributed by atoms with E-state index in [0.717, 1.165) is 18.4 Å². The molecule has 7 N–H and O–H groups in total. The van der Waals surface area contributed by atoms with E-state index < -0.39 is 80.8 Å². The topological polar surface area (TPSA) is 205 Å². The van der Waals surface area contributed by atoms with Crippen LogP contribution in [0.3, 0.4) is 0 Å². The molecule has 0 heterocycles. The highest BCUT2D eigenvalue weighted by molar-refractivity contribution is 6.33. The first-order valence-electron chi connectivity index (χ1n) is 13.4. The first kappa shape index (κ1) is 27.4. The van der Waals surface area contributed by atoms with E-state index in [-0.39, 0.29) is 17.4 Å². The van der Waals surface area contributed by atoms with Crippen LogP contribution in [0, 0.1) is 11.3 Å². The summed E-state index contributed by atoms with van der Waals surface area (Å²) in [7, 11) is 1.44. The Morgan fingerprint density at radius 1 is 1.10 bits per heavy atom. The molecule has 0 aliphatic heterocycles. The van der Waals surface area contributed by atoms with Crippen LogP contribution in [0.15, 0.2) is 17.7 Å². The van der Waals surface area contributed by atoms with Crippen LogP contribution in [-0.2, 0) is 26.2 Å². The van der Waals surface area contributed by atoms with Crippen molar-refractivity contribution in [2.75, 3.05) is 7.11 Å². The lowest BCUT2D eigenvalue weighted by molar-refractivity contribution is -0.207. The average Bonchev–Trinajstić information content (AvgIpc) is 3.24. The summed E-state index contributed by atoms with van der Waals surface area (Å²) < 4.78 is 5.72. The normalized spacial score (nSPS) is 33.5. The highest BCUT2D eigenvalue weighted by Crippen LogP contribution is 2.66. The Hall–Kier alpha value is -3.80. The van der Waals surface area contributed by atoms with Gasteiger partial charge in [-0.1, -0.05) is 25.5 Å². The van der Waals surface area contributed by atoms with Crippen molar-refractivity contribution < 1.29 is 49.4 Å². The fourth-order valence-corrected chi connectivity index (χ4v) is 8.24. The minimum absolute atomic E-state index is 0.152. The van der Waals surface area contributed by atoms with E-state index in [4.69, 9.17) is 10.5 Å². The lowest BCUT2D eigenvalue weighted by atomic mass is 9.53. The highest BCUT2D eigenvalue weighted by atomic mass is 16.5. The summed E-state index contributed by atoms with van der Waals surface area (Å²) in [6.45, 7) is 6.08. The predicted octanol–water partition coefficient (Wildman–Crippen LogP) is 1.16. The largest absolute Gasteiger partial charge is 0.507 e. The van der Waals surface area contributed by atoms with Crippen LogP contribution in [0.2, 0.25) is 0 Å². The van der Waals surface area contributed by atoms with Gasteiger partial charge in [-0.15, -0.1) is 0 Å². The molecule has 1 spiro atoms. The van der Waals surface area contributed by atoms with E-state index in [1.807, 2.05) is 6.92 Å². The third-order valence-electron chi connectivity index (χ3n) is 10.4. The number of hydrogen-bond donors (Lipinski definition) is 6. The van der Waals surface area contributed by atoms with Crippen LogP contribution in [0.5, 0.6) is 17.2 Å². The smallest absolute Gasteiger partial charge is 0.235 e. The molecule has 1 unspecified atom stereocenters. The van der Waals surface area contributed by atoms with E-state index in [0.29, 0.717) is 22.3 Å². The Kier molecular flexibility index (Phi) is 5.30. The zero-order valence-corrected chi connectivity index (χ0v) is 23.0. The number of nitrogens with two attached hydrogens (primary N) is 1. The number of aromatic hydroxyl groups is 2. The third-order valence-corrected chi connectivity index (χ3v) is 10.4. The van der Waals surface area contributed by atoms with Crippen molar-refractivity contribution in [2.45, 2.75) is 69.2 Å². The standard InChI is InChI=1S/C30H31NO10/c1-11-6-5-7-27(2,3)28(11)9-12-16-18(13(32)8-15(41-4)21(16)28)22(34)20-17(12)23(35)29(39)10-14(33)19(26(31)38)24(36)30(29,40)25(20)37/h6,8,19,23,32,34-35,39-40H,5,7,9-10H2,1-4H3,(H2,31,38)/t19?,23-,28-,29-,30+/m0/s1. The maximum absolute atomic E-state index is 14.1. The molecule has 5 atom stereocenters. The molecule has 11 nitrogen and oxygen atoms in total. The first-order chi connectivity index (χ1) is 19.0. The molecule has 1 amide bonds. The van der Waals surface area contributed by atoms with Crippen molar-refractivity contribution in [3.05, 3.63) is 40.0 Å². The van der Waals surface area contributed by atoms with Gasteiger partial charge in [0, 0.05) is 34.4 Å². The van der Waals surface area contributed by atoms with Gasteiger partial charge in [0.1, 0.15) is 29.0 Å². The molecule has 4 aliphatic carbocycles. The first-order valence-corrected chi connectivity index (χ1v) is 13.4. The van der Waals surface area contributed by atoms with Crippen molar-refractivity contribution >= 4 is 34.0 Å². The van der Waals surface area contributed by atoms with Crippen molar-refractivity contribution in [3.8, 4) is 17.2 Å². The summed E-state index contributed by atoms with van der Waals surface area (Å²) in [5, 5.41) is 57.9. The fraction of sp³-hybridized carbons (Fsp3) is 0.467. The van der Waals surface area contributed by atoms with Crippen LogP contribution in [0.25, 0.3) is 10.8 Å². The van der Waals surface area contributed by atoms with Crippen molar-refractivity contribution in [2.24, 2.45) is 17.1 Å². The number of methoxy groups -OCH3 is 1. The van der Waals surface area contributed by atoms with E-state index in [2.05, 4.69) is 19.9 Å². The second-order valence-electron chi connectivity index (χ2n) is 12.4. The monoisotopic (exact) mass is 565 g/mol. The number of hydrogen-bond acceptors (Lipinski definition) is 10. The van der Waals surface area contributed by atoms with Gasteiger partial charge in [0.05, 0.1) is 18.1 Å². The molecule has 2 aromatic carbocycles. The number of benzene rings is 2. The molecule has 0 saturated heterocycles. The highest BCUT2D eigenvalue weighted by Gasteiger charge is 2.73. The lowest BCUT2D eigenvalue weighted by Crippen LogP contribution is -2.75. The number of aliphatic hydroxyl groups is 3. The number of Topliss-reactive ketones (excluding diaryl/α,β-unsaturated/α-hetero) is 3. The number of phenolic OH excluding ortho intramolecular Hbond substituents is 2. The molecule has 11 heteroatoms. The molecule has 1 fully saturated rings. The number of carbonyl (C=O) groups is 4. The molecule has 2 aromatic rings. The van der Waals surface area contributed by atoms with Gasteiger partial charge in [0.15, 0.2) is 17.5 Å². The van der Waals surface area contributed by atoms with Crippen LogP contribution in [-0.4, -0.2) is 67.1 Å². The molecule has 41 heavy (non-hydrogen) atoms. The van der Waals surface area contributed by atoms with E-state index in [9.17, 15) is 44.7 Å². The Balaban J connectivity index is 1.77. The number of phenols is 2. The van der Waals surface area contributed by atoms with Gasteiger partial charge in [-0.2, -0.15) is 0 Å².